The molecule has 7 heteroatoms. The third-order valence-corrected chi connectivity index (χ3v) is 5.84. The Labute approximate surface area is 160 Å². The highest BCUT2D eigenvalue weighted by atomic mass is 16.2. The van der Waals surface area contributed by atoms with Crippen molar-refractivity contribution in [2.75, 3.05) is 31.1 Å². The van der Waals surface area contributed by atoms with Crippen molar-refractivity contribution in [2.24, 2.45) is 0 Å². The second-order valence-corrected chi connectivity index (χ2v) is 7.60. The number of aryl methyl sites for hydroxylation is 2. The molecular weight excluding hydrogens is 340 g/mol. The molecule has 4 rings (SSSR count). The SMILES string of the molecule is Cc1ccnn1CCC(=O)N1CCC(c2cc(N3CCCC3)ncn2)CC1. The number of amides is 1. The van der Waals surface area contributed by atoms with E-state index >= 15 is 0 Å². The fourth-order valence-corrected chi connectivity index (χ4v) is 4.12. The molecule has 0 bridgehead atoms. The Kier molecular flexibility index (Phi) is 5.36. The van der Waals surface area contributed by atoms with E-state index in [2.05, 4.69) is 26.0 Å². The quantitative estimate of drug-likeness (QED) is 0.811. The fourth-order valence-electron chi connectivity index (χ4n) is 4.12. The summed E-state index contributed by atoms with van der Waals surface area (Å²) in [6.07, 6.45) is 8.44. The molecular formula is C20H28N6O. The Morgan fingerprint density at radius 1 is 1.15 bits per heavy atom. The number of carbonyl (C=O) groups excluding carboxylic acids is 1. The van der Waals surface area contributed by atoms with Crippen LogP contribution < -0.4 is 4.90 Å². The molecule has 0 unspecified atom stereocenters. The number of piperidine rings is 1. The topological polar surface area (TPSA) is 67.2 Å². The molecule has 27 heavy (non-hydrogen) atoms. The number of aromatic nitrogens is 4. The van der Waals surface area contributed by atoms with Crippen molar-refractivity contribution in [3.8, 4) is 0 Å². The highest BCUT2D eigenvalue weighted by Gasteiger charge is 2.25. The zero-order valence-electron chi connectivity index (χ0n) is 16.0. The average molecular weight is 368 g/mol. The number of anilines is 1. The van der Waals surface area contributed by atoms with E-state index in [9.17, 15) is 4.79 Å². The molecule has 2 aromatic heterocycles. The first-order valence-electron chi connectivity index (χ1n) is 10.0. The molecule has 0 atom stereocenters. The molecule has 0 radical (unpaired) electrons. The van der Waals surface area contributed by atoms with Crippen molar-refractivity contribution < 1.29 is 4.79 Å². The molecule has 1 amide bonds. The van der Waals surface area contributed by atoms with Crippen LogP contribution in [0.25, 0.3) is 0 Å². The lowest BCUT2D eigenvalue weighted by molar-refractivity contribution is -0.132. The van der Waals surface area contributed by atoms with E-state index < -0.39 is 0 Å². The lowest BCUT2D eigenvalue weighted by Crippen LogP contribution is -2.38. The Morgan fingerprint density at radius 2 is 1.93 bits per heavy atom. The first kappa shape index (κ1) is 17.9. The van der Waals surface area contributed by atoms with Gasteiger partial charge in [0.2, 0.25) is 5.91 Å². The summed E-state index contributed by atoms with van der Waals surface area (Å²) in [6, 6.07) is 4.13. The first-order chi connectivity index (χ1) is 13.2. The van der Waals surface area contributed by atoms with Crippen LogP contribution in [0.4, 0.5) is 5.82 Å². The largest absolute Gasteiger partial charge is 0.357 e. The van der Waals surface area contributed by atoms with Crippen LogP contribution in [0, 0.1) is 6.92 Å². The highest BCUT2D eigenvalue weighted by Crippen LogP contribution is 2.29. The van der Waals surface area contributed by atoms with Gasteiger partial charge < -0.3 is 9.80 Å². The van der Waals surface area contributed by atoms with Crippen molar-refractivity contribution in [1.29, 1.82) is 0 Å². The predicted octanol–water partition coefficient (Wildman–Crippen LogP) is 2.38. The summed E-state index contributed by atoms with van der Waals surface area (Å²) in [5.74, 6) is 1.71. The molecule has 2 aromatic rings. The smallest absolute Gasteiger partial charge is 0.224 e. The van der Waals surface area contributed by atoms with Crippen LogP contribution in [0.5, 0.6) is 0 Å². The van der Waals surface area contributed by atoms with Crippen molar-refractivity contribution in [1.82, 2.24) is 24.6 Å². The molecule has 4 heterocycles. The van der Waals surface area contributed by atoms with Crippen molar-refractivity contribution in [3.05, 3.63) is 36.0 Å². The molecule has 0 aromatic carbocycles. The molecule has 2 fully saturated rings. The summed E-state index contributed by atoms with van der Waals surface area (Å²) in [5.41, 5.74) is 2.23. The van der Waals surface area contributed by atoms with E-state index in [0.717, 1.165) is 56.2 Å². The summed E-state index contributed by atoms with van der Waals surface area (Å²) < 4.78 is 1.89. The van der Waals surface area contributed by atoms with Crippen molar-refractivity contribution in [3.63, 3.8) is 0 Å². The molecule has 2 saturated heterocycles. The molecule has 0 spiro atoms. The third-order valence-electron chi connectivity index (χ3n) is 5.84. The second-order valence-electron chi connectivity index (χ2n) is 7.60. The minimum absolute atomic E-state index is 0.226. The van der Waals surface area contributed by atoms with Crippen molar-refractivity contribution >= 4 is 11.7 Å². The molecule has 2 aliphatic heterocycles. The third kappa shape index (κ3) is 4.12. The van der Waals surface area contributed by atoms with Gasteiger partial charge in [-0.05, 0) is 38.7 Å². The first-order valence-corrected chi connectivity index (χ1v) is 10.0. The minimum Gasteiger partial charge on any atom is -0.357 e. The van der Waals surface area contributed by atoms with Crippen LogP contribution in [0.15, 0.2) is 24.7 Å². The van der Waals surface area contributed by atoms with Gasteiger partial charge in [-0.25, -0.2) is 9.97 Å². The zero-order chi connectivity index (χ0) is 18.6. The maximum atomic E-state index is 12.5. The van der Waals surface area contributed by atoms with Crippen molar-refractivity contribution in [2.45, 2.75) is 51.5 Å². The number of rotatable bonds is 5. The lowest BCUT2D eigenvalue weighted by Gasteiger charge is -2.32. The van der Waals surface area contributed by atoms with E-state index in [1.165, 1.54) is 12.8 Å². The second kappa shape index (κ2) is 8.06. The predicted molar refractivity (Wildman–Crippen MR) is 104 cm³/mol. The summed E-state index contributed by atoms with van der Waals surface area (Å²) in [7, 11) is 0. The molecule has 0 aliphatic carbocycles. The van der Waals surface area contributed by atoms with E-state index in [1.807, 2.05) is 22.6 Å². The lowest BCUT2D eigenvalue weighted by atomic mass is 9.93. The Balaban J connectivity index is 1.30. The molecule has 0 N–H and O–H groups in total. The van der Waals surface area contributed by atoms with Crippen LogP contribution >= 0.6 is 0 Å². The van der Waals surface area contributed by atoms with Gasteiger partial charge in [0.1, 0.15) is 12.1 Å². The fraction of sp³-hybridized carbons (Fsp3) is 0.600. The number of hydrogen-bond donors (Lipinski definition) is 0. The van der Waals surface area contributed by atoms with Crippen LogP contribution in [-0.2, 0) is 11.3 Å². The summed E-state index contributed by atoms with van der Waals surface area (Å²) in [6.45, 7) is 6.48. The van der Waals surface area contributed by atoms with Gasteiger partial charge in [-0.2, -0.15) is 5.10 Å². The van der Waals surface area contributed by atoms with E-state index in [0.29, 0.717) is 18.9 Å². The van der Waals surface area contributed by atoms with Gasteiger partial charge in [0.05, 0.1) is 0 Å². The van der Waals surface area contributed by atoms with Crippen LogP contribution in [-0.4, -0.2) is 56.7 Å². The van der Waals surface area contributed by atoms with Crippen LogP contribution in [0.1, 0.15) is 49.4 Å². The van der Waals surface area contributed by atoms with Gasteiger partial charge in [-0.3, -0.25) is 9.48 Å². The maximum Gasteiger partial charge on any atom is 0.224 e. The Hall–Kier alpha value is -2.44. The Morgan fingerprint density at radius 3 is 2.63 bits per heavy atom. The maximum absolute atomic E-state index is 12.5. The standard InChI is InChI=1S/C20H28N6O/c1-16-4-8-23-26(16)13-7-20(27)25-11-5-17(6-12-25)18-14-19(22-15-21-18)24-9-2-3-10-24/h4,8,14-15,17H,2-3,5-7,9-13H2,1H3. The summed E-state index contributed by atoms with van der Waals surface area (Å²) in [4.78, 5) is 25.9. The molecule has 2 aliphatic rings. The number of hydrogen-bond acceptors (Lipinski definition) is 5. The number of likely N-dealkylation sites (tertiary alicyclic amines) is 1. The minimum atomic E-state index is 0.226. The monoisotopic (exact) mass is 368 g/mol. The van der Waals surface area contributed by atoms with E-state index in [1.54, 1.807) is 12.5 Å². The van der Waals surface area contributed by atoms with Gasteiger partial charge in [0, 0.05) is 68.7 Å². The molecule has 7 nitrogen and oxygen atoms in total. The van der Waals surface area contributed by atoms with Gasteiger partial charge in [0.15, 0.2) is 0 Å². The Bertz CT molecular complexity index is 774. The van der Waals surface area contributed by atoms with Gasteiger partial charge >= 0.3 is 0 Å². The number of carbonyl (C=O) groups is 1. The van der Waals surface area contributed by atoms with Crippen LogP contribution in [0.2, 0.25) is 0 Å². The summed E-state index contributed by atoms with van der Waals surface area (Å²) >= 11 is 0. The van der Waals surface area contributed by atoms with Gasteiger partial charge in [-0.15, -0.1) is 0 Å². The summed E-state index contributed by atoms with van der Waals surface area (Å²) in [5, 5.41) is 4.25. The van der Waals surface area contributed by atoms with Gasteiger partial charge in [0.25, 0.3) is 0 Å². The van der Waals surface area contributed by atoms with Gasteiger partial charge in [-0.1, -0.05) is 0 Å². The molecule has 144 valence electrons. The highest BCUT2D eigenvalue weighted by molar-refractivity contribution is 5.76. The average Bonchev–Trinajstić information content (AvgIpc) is 3.38. The normalized spacial score (nSPS) is 18.3. The van der Waals surface area contributed by atoms with E-state index in [-0.39, 0.29) is 5.91 Å². The van der Waals surface area contributed by atoms with E-state index in [4.69, 9.17) is 0 Å². The zero-order valence-corrected chi connectivity index (χ0v) is 16.0. The van der Waals surface area contributed by atoms with Crippen LogP contribution in [0.3, 0.4) is 0 Å². The number of nitrogens with zero attached hydrogens (tertiary/aromatic N) is 6. The molecule has 0 saturated carbocycles.